The molecule has 8 nitrogen and oxygen atoms in total. The molecule has 206 valence electrons. The molecule has 1 amide bonds. The number of methoxy groups -OCH3 is 1. The van der Waals surface area contributed by atoms with Gasteiger partial charge in [-0.2, -0.15) is 0 Å². The van der Waals surface area contributed by atoms with Crippen LogP contribution in [0.2, 0.25) is 0 Å². The number of aliphatic hydroxyl groups excluding tert-OH is 1. The Labute approximate surface area is 234 Å². The van der Waals surface area contributed by atoms with Crippen molar-refractivity contribution in [2.24, 2.45) is 5.41 Å². The highest BCUT2D eigenvalue weighted by atomic mass is 16.5. The summed E-state index contributed by atoms with van der Waals surface area (Å²) >= 11 is 0. The average molecular weight is 538 g/mol. The maximum absolute atomic E-state index is 13.0. The molecular formula is C32H35N5O3. The predicted octanol–water partition coefficient (Wildman–Crippen LogP) is 4.25. The number of H-pyrrole nitrogens is 1. The molecule has 1 aliphatic carbocycles. The van der Waals surface area contributed by atoms with E-state index in [1.54, 1.807) is 7.11 Å². The van der Waals surface area contributed by atoms with E-state index in [9.17, 15) is 9.90 Å². The van der Waals surface area contributed by atoms with Crippen molar-refractivity contribution in [1.29, 1.82) is 0 Å². The molecule has 8 heteroatoms. The number of benzene rings is 2. The number of anilines is 1. The van der Waals surface area contributed by atoms with E-state index in [1.165, 1.54) is 0 Å². The lowest BCUT2D eigenvalue weighted by atomic mass is 9.62. The maximum Gasteiger partial charge on any atom is 0.253 e. The van der Waals surface area contributed by atoms with Crippen LogP contribution in [0, 0.1) is 5.41 Å². The fraction of sp³-hybridized carbons (Fsp3) is 0.375. The summed E-state index contributed by atoms with van der Waals surface area (Å²) in [5.41, 5.74) is 6.99. The molecule has 0 radical (unpaired) electrons. The van der Waals surface area contributed by atoms with Gasteiger partial charge in [0.25, 0.3) is 5.91 Å². The minimum absolute atomic E-state index is 0.0652. The summed E-state index contributed by atoms with van der Waals surface area (Å²) in [7, 11) is 3.89. The Balaban J connectivity index is 1.12. The van der Waals surface area contributed by atoms with Crippen molar-refractivity contribution in [2.75, 3.05) is 58.3 Å². The fourth-order valence-corrected chi connectivity index (χ4v) is 6.65. The third-order valence-corrected chi connectivity index (χ3v) is 9.01. The Morgan fingerprint density at radius 1 is 1.00 bits per heavy atom. The van der Waals surface area contributed by atoms with Gasteiger partial charge in [-0.15, -0.1) is 0 Å². The van der Waals surface area contributed by atoms with E-state index >= 15 is 0 Å². The van der Waals surface area contributed by atoms with Gasteiger partial charge in [0.05, 0.1) is 18.9 Å². The van der Waals surface area contributed by atoms with Crippen LogP contribution in [0.25, 0.3) is 33.3 Å². The van der Waals surface area contributed by atoms with E-state index in [4.69, 9.17) is 9.72 Å². The van der Waals surface area contributed by atoms with Crippen LogP contribution in [0.5, 0.6) is 5.75 Å². The Hall–Kier alpha value is -3.88. The Kier molecular flexibility index (Phi) is 6.05. The molecular weight excluding hydrogens is 502 g/mol. The summed E-state index contributed by atoms with van der Waals surface area (Å²) in [4.78, 5) is 27.6. The van der Waals surface area contributed by atoms with Crippen LogP contribution in [-0.4, -0.2) is 90.3 Å². The number of ether oxygens (including phenoxy) is 1. The zero-order chi connectivity index (χ0) is 27.4. The third-order valence-electron chi connectivity index (χ3n) is 9.01. The van der Waals surface area contributed by atoms with Crippen LogP contribution < -0.4 is 9.64 Å². The first-order valence-corrected chi connectivity index (χ1v) is 14.1. The van der Waals surface area contributed by atoms with Crippen molar-refractivity contribution in [3.05, 3.63) is 66.5 Å². The molecule has 0 bridgehead atoms. The number of carbonyl (C=O) groups excluding carboxylic acids is 1. The van der Waals surface area contributed by atoms with Gasteiger partial charge in [0, 0.05) is 79.2 Å². The molecule has 4 heterocycles. The number of piperazine rings is 1. The molecule has 3 fully saturated rings. The summed E-state index contributed by atoms with van der Waals surface area (Å²) in [5.74, 6) is 0.939. The normalized spacial score (nSPS) is 19.1. The van der Waals surface area contributed by atoms with E-state index in [0.717, 1.165) is 96.8 Å². The Morgan fingerprint density at radius 3 is 2.42 bits per heavy atom. The first kappa shape index (κ1) is 25.1. The van der Waals surface area contributed by atoms with Gasteiger partial charge in [0.1, 0.15) is 11.4 Å². The lowest BCUT2D eigenvalue weighted by Crippen LogP contribution is -2.64. The summed E-state index contributed by atoms with van der Waals surface area (Å²) in [6.07, 6.45) is 5.33. The molecule has 40 heavy (non-hydrogen) atoms. The summed E-state index contributed by atoms with van der Waals surface area (Å²) in [6.45, 7) is 5.56. The molecule has 1 saturated carbocycles. The molecule has 1 spiro atoms. The number of nitrogens with one attached hydrogen (secondary N) is 1. The number of likely N-dealkylation sites (N-methyl/N-ethyl adjacent to an activating group) is 1. The van der Waals surface area contributed by atoms with Gasteiger partial charge in [-0.25, -0.2) is 4.98 Å². The van der Waals surface area contributed by atoms with Gasteiger partial charge < -0.3 is 29.5 Å². The van der Waals surface area contributed by atoms with Gasteiger partial charge in [0.2, 0.25) is 0 Å². The number of nitrogens with zero attached hydrogens (tertiary/aromatic N) is 4. The monoisotopic (exact) mass is 537 g/mol. The molecule has 0 atom stereocenters. The zero-order valence-electron chi connectivity index (χ0n) is 23.1. The number of aromatic amines is 1. The van der Waals surface area contributed by atoms with Gasteiger partial charge in [-0.1, -0.05) is 18.2 Å². The van der Waals surface area contributed by atoms with Gasteiger partial charge in [-0.3, -0.25) is 4.79 Å². The van der Waals surface area contributed by atoms with Crippen molar-refractivity contribution < 1.29 is 14.6 Å². The van der Waals surface area contributed by atoms with E-state index in [1.807, 2.05) is 41.6 Å². The van der Waals surface area contributed by atoms with Crippen LogP contribution in [0.1, 0.15) is 23.2 Å². The second kappa shape index (κ2) is 9.64. The molecule has 2 aromatic heterocycles. The highest BCUT2D eigenvalue weighted by molar-refractivity contribution is 5.98. The number of rotatable bonds is 5. The number of hydrogen-bond donors (Lipinski definition) is 2. The molecule has 2 aromatic carbocycles. The topological polar surface area (TPSA) is 84.9 Å². The molecule has 3 aliphatic rings. The van der Waals surface area contributed by atoms with Crippen LogP contribution in [0.4, 0.5) is 5.69 Å². The van der Waals surface area contributed by atoms with Gasteiger partial charge in [0.15, 0.2) is 0 Å². The quantitative estimate of drug-likeness (QED) is 0.396. The van der Waals surface area contributed by atoms with Crippen molar-refractivity contribution in [3.8, 4) is 28.0 Å². The van der Waals surface area contributed by atoms with E-state index in [2.05, 4.69) is 46.1 Å². The number of pyridine rings is 1. The highest BCUT2D eigenvalue weighted by Crippen LogP contribution is 2.48. The van der Waals surface area contributed by atoms with Crippen molar-refractivity contribution in [2.45, 2.75) is 18.9 Å². The van der Waals surface area contributed by atoms with Crippen LogP contribution in [0.15, 0.2) is 60.9 Å². The largest absolute Gasteiger partial charge is 0.495 e. The summed E-state index contributed by atoms with van der Waals surface area (Å²) in [5, 5.41) is 10.7. The lowest BCUT2D eigenvalue weighted by Gasteiger charge is -2.57. The van der Waals surface area contributed by atoms with Crippen LogP contribution in [0.3, 0.4) is 0 Å². The zero-order valence-corrected chi connectivity index (χ0v) is 23.1. The van der Waals surface area contributed by atoms with Crippen molar-refractivity contribution in [1.82, 2.24) is 19.8 Å². The summed E-state index contributed by atoms with van der Waals surface area (Å²) < 4.78 is 5.81. The van der Waals surface area contributed by atoms with E-state index < -0.39 is 0 Å². The Bertz CT molecular complexity index is 1560. The third kappa shape index (κ3) is 4.32. The van der Waals surface area contributed by atoms with Gasteiger partial charge >= 0.3 is 0 Å². The maximum atomic E-state index is 13.0. The van der Waals surface area contributed by atoms with Crippen molar-refractivity contribution >= 4 is 22.6 Å². The minimum Gasteiger partial charge on any atom is -0.495 e. The standard InChI is InChI=1S/C32H35N5O3/c1-35-9-11-36(12-10-35)28-8-7-23(14-29(28)40-2)24-13-26-27(18-34-30(26)33-17-24)21-3-5-22(6-4-21)31(39)37-19-32(20-37)15-25(38)16-32/h3-8,13-14,17-18,25,38H,9-12,15-16,19-20H2,1-2H3,(H,33,34). The number of hydrogen-bond acceptors (Lipinski definition) is 6. The number of carbonyl (C=O) groups is 1. The second-order valence-corrected chi connectivity index (χ2v) is 11.8. The Morgan fingerprint density at radius 2 is 1.73 bits per heavy atom. The first-order valence-electron chi connectivity index (χ1n) is 14.1. The average Bonchev–Trinajstić information content (AvgIpc) is 3.37. The predicted molar refractivity (Wildman–Crippen MR) is 157 cm³/mol. The summed E-state index contributed by atoms with van der Waals surface area (Å²) in [6, 6.07) is 16.4. The minimum atomic E-state index is -0.189. The van der Waals surface area contributed by atoms with Gasteiger partial charge in [-0.05, 0) is 61.3 Å². The van der Waals surface area contributed by atoms with E-state index in [0.29, 0.717) is 5.56 Å². The number of fused-ring (bicyclic) bond motifs is 1. The molecule has 2 aliphatic heterocycles. The number of likely N-dealkylation sites (tertiary alicyclic amines) is 1. The molecule has 0 unspecified atom stereocenters. The van der Waals surface area contributed by atoms with E-state index in [-0.39, 0.29) is 17.4 Å². The highest BCUT2D eigenvalue weighted by Gasteiger charge is 2.53. The second-order valence-electron chi connectivity index (χ2n) is 11.8. The molecule has 2 N–H and O–H groups in total. The van der Waals surface area contributed by atoms with Crippen LogP contribution >= 0.6 is 0 Å². The van der Waals surface area contributed by atoms with Crippen molar-refractivity contribution in [3.63, 3.8) is 0 Å². The SMILES string of the molecule is COc1cc(-c2cnc3[nH]cc(-c4ccc(C(=O)N5CC6(CC(O)C6)C5)cc4)c3c2)ccc1N1CCN(C)CC1. The lowest BCUT2D eigenvalue weighted by molar-refractivity contribution is -0.113. The van der Waals surface area contributed by atoms with Crippen LogP contribution in [-0.2, 0) is 0 Å². The number of amides is 1. The number of aliphatic hydroxyl groups is 1. The first-order chi connectivity index (χ1) is 19.4. The molecule has 7 rings (SSSR count). The molecule has 2 saturated heterocycles. The smallest absolute Gasteiger partial charge is 0.253 e. The molecule has 4 aromatic rings. The number of aromatic nitrogens is 2. The fourth-order valence-electron chi connectivity index (χ4n) is 6.65.